The first kappa shape index (κ1) is 13.4. The number of hydrogen-bond donors (Lipinski definition) is 0. The summed E-state index contributed by atoms with van der Waals surface area (Å²) in [6.45, 7) is 4.49. The van der Waals surface area contributed by atoms with Gasteiger partial charge in [-0.05, 0) is 56.6 Å². The lowest BCUT2D eigenvalue weighted by molar-refractivity contribution is 0.205. The smallest absolute Gasteiger partial charge is 0.120 e. The zero-order valence-corrected chi connectivity index (χ0v) is 11.9. The lowest BCUT2D eigenvalue weighted by Crippen LogP contribution is -2.31. The van der Waals surface area contributed by atoms with Crippen LogP contribution in [-0.2, 0) is 0 Å². The Morgan fingerprint density at radius 2 is 2.00 bits per heavy atom. The molecule has 2 aromatic rings. The minimum atomic E-state index is 0.794. The van der Waals surface area contributed by atoms with Crippen LogP contribution in [0.25, 0.3) is 10.9 Å². The van der Waals surface area contributed by atoms with Crippen molar-refractivity contribution in [3.63, 3.8) is 0 Å². The van der Waals surface area contributed by atoms with Gasteiger partial charge in [-0.3, -0.25) is 4.98 Å². The summed E-state index contributed by atoms with van der Waals surface area (Å²) in [4.78, 5) is 6.87. The summed E-state index contributed by atoms with van der Waals surface area (Å²) in [5.41, 5.74) is 1.02. The van der Waals surface area contributed by atoms with Gasteiger partial charge in [-0.2, -0.15) is 0 Å². The molecule has 1 aromatic carbocycles. The van der Waals surface area contributed by atoms with E-state index in [9.17, 15) is 0 Å². The molecule has 0 aliphatic carbocycles. The van der Waals surface area contributed by atoms with Crippen LogP contribution in [0.1, 0.15) is 25.7 Å². The summed E-state index contributed by atoms with van der Waals surface area (Å²) in [6, 6.07) is 10.1. The summed E-state index contributed by atoms with van der Waals surface area (Å²) in [7, 11) is 0. The lowest BCUT2D eigenvalue weighted by Gasteiger charge is -2.26. The van der Waals surface area contributed by atoms with E-state index in [2.05, 4.69) is 22.0 Å². The van der Waals surface area contributed by atoms with Crippen LogP contribution in [0.4, 0.5) is 0 Å². The second-order valence-corrected chi connectivity index (χ2v) is 5.46. The summed E-state index contributed by atoms with van der Waals surface area (Å²) in [5.74, 6) is 0.948. The first-order valence-corrected chi connectivity index (χ1v) is 7.62. The van der Waals surface area contributed by atoms with Gasteiger partial charge in [-0.15, -0.1) is 0 Å². The number of rotatable bonds is 5. The summed E-state index contributed by atoms with van der Waals surface area (Å²) in [6.07, 6.45) is 7.04. The largest absolute Gasteiger partial charge is 0.494 e. The molecule has 0 N–H and O–H groups in total. The molecule has 1 aliphatic rings. The standard InChI is InChI=1S/C17H22N2O/c1-2-10-19(11-3-1)12-5-13-20-16-7-8-17-15(14-16)6-4-9-18-17/h4,6-9,14H,1-3,5,10-13H2. The van der Waals surface area contributed by atoms with Gasteiger partial charge in [-0.1, -0.05) is 12.5 Å². The summed E-state index contributed by atoms with van der Waals surface area (Å²) in [5, 5.41) is 1.14. The zero-order valence-electron chi connectivity index (χ0n) is 11.9. The number of aromatic nitrogens is 1. The average molecular weight is 270 g/mol. The predicted molar refractivity (Wildman–Crippen MR) is 82.1 cm³/mol. The van der Waals surface area contributed by atoms with Crippen LogP contribution in [0.5, 0.6) is 5.75 Å². The van der Waals surface area contributed by atoms with E-state index < -0.39 is 0 Å². The molecule has 3 nitrogen and oxygen atoms in total. The topological polar surface area (TPSA) is 25.4 Å². The molecule has 1 aromatic heterocycles. The molecule has 1 aliphatic heterocycles. The van der Waals surface area contributed by atoms with Gasteiger partial charge in [-0.25, -0.2) is 0 Å². The Labute approximate surface area is 120 Å². The minimum Gasteiger partial charge on any atom is -0.494 e. The fourth-order valence-electron chi connectivity index (χ4n) is 2.80. The van der Waals surface area contributed by atoms with Crippen molar-refractivity contribution < 1.29 is 4.74 Å². The molecule has 0 unspecified atom stereocenters. The number of ether oxygens (including phenoxy) is 1. The zero-order chi connectivity index (χ0) is 13.6. The summed E-state index contributed by atoms with van der Waals surface area (Å²) >= 11 is 0. The van der Waals surface area contributed by atoms with Crippen LogP contribution in [0.2, 0.25) is 0 Å². The molecule has 1 fully saturated rings. The number of piperidine rings is 1. The Kier molecular flexibility index (Phi) is 4.49. The molecule has 2 heterocycles. The molecule has 0 radical (unpaired) electrons. The maximum absolute atomic E-state index is 5.85. The third kappa shape index (κ3) is 3.48. The lowest BCUT2D eigenvalue weighted by atomic mass is 10.1. The van der Waals surface area contributed by atoms with Gasteiger partial charge in [0.15, 0.2) is 0 Å². The quantitative estimate of drug-likeness (QED) is 0.778. The van der Waals surface area contributed by atoms with Gasteiger partial charge in [0.25, 0.3) is 0 Å². The SMILES string of the molecule is c1cnc2ccc(OCCCN3CCCCC3)cc2c1. The number of fused-ring (bicyclic) bond motifs is 1. The molecule has 0 spiro atoms. The molecule has 0 saturated carbocycles. The van der Waals surface area contributed by atoms with Crippen LogP contribution in [0, 0.1) is 0 Å². The minimum absolute atomic E-state index is 0.794. The van der Waals surface area contributed by atoms with E-state index in [1.165, 1.54) is 32.4 Å². The highest BCUT2D eigenvalue weighted by atomic mass is 16.5. The van der Waals surface area contributed by atoms with E-state index in [1.54, 1.807) is 0 Å². The average Bonchev–Trinajstić information content (AvgIpc) is 2.52. The van der Waals surface area contributed by atoms with Gasteiger partial charge in [0.2, 0.25) is 0 Å². The Balaban J connectivity index is 1.47. The van der Waals surface area contributed by atoms with E-state index in [0.29, 0.717) is 0 Å². The van der Waals surface area contributed by atoms with E-state index >= 15 is 0 Å². The predicted octanol–water partition coefficient (Wildman–Crippen LogP) is 3.49. The van der Waals surface area contributed by atoms with Crippen LogP contribution < -0.4 is 4.74 Å². The molecule has 20 heavy (non-hydrogen) atoms. The Bertz CT molecular complexity index is 549. The molecule has 0 bridgehead atoms. The normalized spacial score (nSPS) is 16.4. The number of pyridine rings is 1. The fourth-order valence-corrected chi connectivity index (χ4v) is 2.80. The van der Waals surface area contributed by atoms with Crippen molar-refractivity contribution in [3.8, 4) is 5.75 Å². The maximum Gasteiger partial charge on any atom is 0.120 e. The van der Waals surface area contributed by atoms with Crippen molar-refractivity contribution in [1.82, 2.24) is 9.88 Å². The van der Waals surface area contributed by atoms with E-state index in [1.807, 2.05) is 24.4 Å². The third-order valence-corrected chi connectivity index (χ3v) is 3.91. The molecule has 3 heteroatoms. The van der Waals surface area contributed by atoms with Crippen LogP contribution in [-0.4, -0.2) is 36.1 Å². The highest BCUT2D eigenvalue weighted by Gasteiger charge is 2.09. The maximum atomic E-state index is 5.85. The van der Waals surface area contributed by atoms with Gasteiger partial charge < -0.3 is 9.64 Å². The first-order chi connectivity index (χ1) is 9.92. The van der Waals surface area contributed by atoms with Crippen LogP contribution >= 0.6 is 0 Å². The van der Waals surface area contributed by atoms with Gasteiger partial charge in [0.05, 0.1) is 12.1 Å². The van der Waals surface area contributed by atoms with Crippen molar-refractivity contribution in [2.24, 2.45) is 0 Å². The molecular weight excluding hydrogens is 248 g/mol. The van der Waals surface area contributed by atoms with E-state index in [4.69, 9.17) is 4.74 Å². The van der Waals surface area contributed by atoms with Gasteiger partial charge >= 0.3 is 0 Å². The molecule has 3 rings (SSSR count). The second-order valence-electron chi connectivity index (χ2n) is 5.46. The van der Waals surface area contributed by atoms with Crippen molar-refractivity contribution in [3.05, 3.63) is 36.5 Å². The highest BCUT2D eigenvalue weighted by Crippen LogP contribution is 2.19. The number of hydrogen-bond acceptors (Lipinski definition) is 3. The van der Waals surface area contributed by atoms with Crippen LogP contribution in [0.3, 0.4) is 0 Å². The van der Waals surface area contributed by atoms with Crippen molar-refractivity contribution in [1.29, 1.82) is 0 Å². The van der Waals surface area contributed by atoms with Crippen molar-refractivity contribution in [2.75, 3.05) is 26.2 Å². The third-order valence-electron chi connectivity index (χ3n) is 3.91. The molecule has 106 valence electrons. The number of likely N-dealkylation sites (tertiary alicyclic amines) is 1. The Hall–Kier alpha value is -1.61. The monoisotopic (exact) mass is 270 g/mol. The van der Waals surface area contributed by atoms with E-state index in [-0.39, 0.29) is 0 Å². The Morgan fingerprint density at radius 1 is 1.10 bits per heavy atom. The number of benzene rings is 1. The molecule has 0 atom stereocenters. The molecule has 0 amide bonds. The van der Waals surface area contributed by atoms with E-state index in [0.717, 1.165) is 36.2 Å². The summed E-state index contributed by atoms with van der Waals surface area (Å²) < 4.78 is 5.85. The van der Waals surface area contributed by atoms with Gasteiger partial charge in [0.1, 0.15) is 5.75 Å². The van der Waals surface area contributed by atoms with Gasteiger partial charge in [0, 0.05) is 18.1 Å². The highest BCUT2D eigenvalue weighted by molar-refractivity contribution is 5.79. The van der Waals surface area contributed by atoms with Crippen molar-refractivity contribution in [2.45, 2.75) is 25.7 Å². The molecule has 1 saturated heterocycles. The van der Waals surface area contributed by atoms with Crippen LogP contribution in [0.15, 0.2) is 36.5 Å². The molecular formula is C17H22N2O. The Morgan fingerprint density at radius 3 is 2.90 bits per heavy atom. The van der Waals surface area contributed by atoms with Crippen molar-refractivity contribution >= 4 is 10.9 Å². The number of nitrogens with zero attached hydrogens (tertiary/aromatic N) is 2. The second kappa shape index (κ2) is 6.71. The first-order valence-electron chi connectivity index (χ1n) is 7.62. The fraction of sp³-hybridized carbons (Fsp3) is 0.471.